The van der Waals surface area contributed by atoms with Gasteiger partial charge in [0, 0.05) is 6.42 Å². The van der Waals surface area contributed by atoms with E-state index in [1.54, 1.807) is 31.2 Å². The number of fused-ring (bicyclic) bond motifs is 1. The fraction of sp³-hybridized carbons (Fsp3) is 0.400. The first-order valence-electron chi connectivity index (χ1n) is 6.41. The molecule has 5 heteroatoms. The van der Waals surface area contributed by atoms with Crippen LogP contribution >= 0.6 is 0 Å². The number of ketones is 2. The second-order valence-electron chi connectivity index (χ2n) is 4.79. The van der Waals surface area contributed by atoms with Crippen molar-refractivity contribution in [3.63, 3.8) is 0 Å². The Bertz CT molecular complexity index is 549. The zero-order valence-corrected chi connectivity index (χ0v) is 11.4. The molecule has 1 heterocycles. The van der Waals surface area contributed by atoms with Crippen LogP contribution in [0.5, 0.6) is 5.75 Å². The van der Waals surface area contributed by atoms with Crippen molar-refractivity contribution in [2.75, 3.05) is 7.11 Å². The van der Waals surface area contributed by atoms with E-state index in [-0.39, 0.29) is 24.4 Å². The van der Waals surface area contributed by atoms with E-state index >= 15 is 0 Å². The lowest BCUT2D eigenvalue weighted by Gasteiger charge is -2.28. The van der Waals surface area contributed by atoms with Crippen molar-refractivity contribution in [3.05, 3.63) is 29.8 Å². The van der Waals surface area contributed by atoms with E-state index in [4.69, 9.17) is 4.74 Å². The maximum absolute atomic E-state index is 12.0. The average molecular weight is 276 g/mol. The molecule has 0 bridgehead atoms. The number of esters is 1. The molecule has 20 heavy (non-hydrogen) atoms. The number of para-hydroxylation sites is 1. The molecule has 0 radical (unpaired) electrons. The van der Waals surface area contributed by atoms with E-state index in [0.717, 1.165) is 0 Å². The molecule has 2 atom stereocenters. The summed E-state index contributed by atoms with van der Waals surface area (Å²) in [5.74, 6) is -0.953. The maximum atomic E-state index is 12.0. The van der Waals surface area contributed by atoms with Crippen molar-refractivity contribution in [2.45, 2.75) is 25.9 Å². The van der Waals surface area contributed by atoms with E-state index in [0.29, 0.717) is 11.3 Å². The van der Waals surface area contributed by atoms with Crippen molar-refractivity contribution in [1.82, 2.24) is 0 Å². The van der Waals surface area contributed by atoms with Crippen LogP contribution in [-0.2, 0) is 14.3 Å². The Balaban J connectivity index is 2.10. The first-order valence-corrected chi connectivity index (χ1v) is 6.41. The van der Waals surface area contributed by atoms with Gasteiger partial charge in [0.15, 0.2) is 11.6 Å². The molecule has 0 saturated heterocycles. The van der Waals surface area contributed by atoms with E-state index < -0.39 is 18.0 Å². The molecular weight excluding hydrogens is 260 g/mol. The SMILES string of the molecule is COC(=O)CC(=O)C(C)C1CC(=O)c2ccccc2O1. The first kappa shape index (κ1) is 14.2. The Morgan fingerprint density at radius 2 is 2.10 bits per heavy atom. The quantitative estimate of drug-likeness (QED) is 0.619. The second-order valence-corrected chi connectivity index (χ2v) is 4.79. The lowest BCUT2D eigenvalue weighted by atomic mass is 9.90. The molecule has 0 fully saturated rings. The molecule has 106 valence electrons. The van der Waals surface area contributed by atoms with Crippen molar-refractivity contribution in [2.24, 2.45) is 5.92 Å². The van der Waals surface area contributed by atoms with Crippen LogP contribution in [0.1, 0.15) is 30.1 Å². The summed E-state index contributed by atoms with van der Waals surface area (Å²) in [6.07, 6.45) is -0.687. The van der Waals surface area contributed by atoms with Gasteiger partial charge in [0.1, 0.15) is 18.3 Å². The summed E-state index contributed by atoms with van der Waals surface area (Å²) in [4.78, 5) is 35.1. The van der Waals surface area contributed by atoms with Gasteiger partial charge in [-0.25, -0.2) is 0 Å². The highest BCUT2D eigenvalue weighted by molar-refractivity contribution is 6.01. The second kappa shape index (κ2) is 5.86. The van der Waals surface area contributed by atoms with Gasteiger partial charge in [-0.2, -0.15) is 0 Å². The van der Waals surface area contributed by atoms with Crippen LogP contribution < -0.4 is 4.74 Å². The van der Waals surface area contributed by atoms with Crippen LogP contribution in [0.25, 0.3) is 0 Å². The van der Waals surface area contributed by atoms with Gasteiger partial charge >= 0.3 is 5.97 Å². The number of carbonyl (C=O) groups excluding carboxylic acids is 3. The Morgan fingerprint density at radius 1 is 1.40 bits per heavy atom. The van der Waals surface area contributed by atoms with Crippen LogP contribution in [0, 0.1) is 5.92 Å². The Morgan fingerprint density at radius 3 is 2.80 bits per heavy atom. The van der Waals surface area contributed by atoms with Gasteiger partial charge in [-0.05, 0) is 12.1 Å². The number of ether oxygens (including phenoxy) is 2. The summed E-state index contributed by atoms with van der Waals surface area (Å²) >= 11 is 0. The van der Waals surface area contributed by atoms with Crippen LogP contribution in [0.15, 0.2) is 24.3 Å². The highest BCUT2D eigenvalue weighted by atomic mass is 16.5. The highest BCUT2D eigenvalue weighted by Gasteiger charge is 2.33. The van der Waals surface area contributed by atoms with Crippen LogP contribution in [-0.4, -0.2) is 30.7 Å². The van der Waals surface area contributed by atoms with E-state index in [1.165, 1.54) is 7.11 Å². The Labute approximate surface area is 116 Å². The van der Waals surface area contributed by atoms with Gasteiger partial charge in [0.05, 0.1) is 18.6 Å². The van der Waals surface area contributed by atoms with Gasteiger partial charge in [0.25, 0.3) is 0 Å². The summed E-state index contributed by atoms with van der Waals surface area (Å²) in [5.41, 5.74) is 0.538. The average Bonchev–Trinajstić information content (AvgIpc) is 2.46. The standard InChI is InChI=1S/C15H16O5/c1-9(11(16)8-15(18)19-2)14-7-12(17)10-5-3-4-6-13(10)20-14/h3-6,9,14H,7-8H2,1-2H3. The summed E-state index contributed by atoms with van der Waals surface area (Å²) in [6.45, 7) is 1.66. The van der Waals surface area contributed by atoms with E-state index in [9.17, 15) is 14.4 Å². The topological polar surface area (TPSA) is 69.7 Å². The van der Waals surface area contributed by atoms with Crippen molar-refractivity contribution in [1.29, 1.82) is 0 Å². The third kappa shape index (κ3) is 2.87. The third-order valence-corrected chi connectivity index (χ3v) is 3.46. The number of carbonyl (C=O) groups is 3. The predicted octanol–water partition coefficient (Wildman–Crippen LogP) is 1.79. The molecule has 1 aromatic carbocycles. The summed E-state index contributed by atoms with van der Waals surface area (Å²) in [7, 11) is 1.23. The van der Waals surface area contributed by atoms with Gasteiger partial charge in [-0.1, -0.05) is 19.1 Å². The molecule has 1 aliphatic heterocycles. The molecule has 0 N–H and O–H groups in total. The van der Waals surface area contributed by atoms with Crippen LogP contribution in [0.3, 0.4) is 0 Å². The molecule has 0 saturated carbocycles. The number of hydrogen-bond acceptors (Lipinski definition) is 5. The maximum Gasteiger partial charge on any atom is 0.313 e. The van der Waals surface area contributed by atoms with Crippen molar-refractivity contribution >= 4 is 17.5 Å². The third-order valence-electron chi connectivity index (χ3n) is 3.46. The predicted molar refractivity (Wildman–Crippen MR) is 70.6 cm³/mol. The molecule has 1 aliphatic rings. The van der Waals surface area contributed by atoms with Gasteiger partial charge in [-0.3, -0.25) is 14.4 Å². The fourth-order valence-electron chi connectivity index (χ4n) is 2.16. The molecule has 0 aliphatic carbocycles. The molecular formula is C15H16O5. The number of benzene rings is 1. The number of methoxy groups -OCH3 is 1. The number of hydrogen-bond donors (Lipinski definition) is 0. The normalized spacial score (nSPS) is 18.7. The van der Waals surface area contributed by atoms with Crippen LogP contribution in [0.4, 0.5) is 0 Å². The first-order chi connectivity index (χ1) is 9.52. The molecule has 0 spiro atoms. The highest BCUT2D eigenvalue weighted by Crippen LogP contribution is 2.30. The minimum Gasteiger partial charge on any atom is -0.488 e. The smallest absolute Gasteiger partial charge is 0.313 e. The Hall–Kier alpha value is -2.17. The van der Waals surface area contributed by atoms with E-state index in [2.05, 4.69) is 4.74 Å². The minimum atomic E-state index is -0.579. The Kier molecular flexibility index (Phi) is 4.17. The monoisotopic (exact) mass is 276 g/mol. The minimum absolute atomic E-state index is 0.0467. The van der Waals surface area contributed by atoms with Gasteiger partial charge in [-0.15, -0.1) is 0 Å². The molecule has 0 amide bonds. The summed E-state index contributed by atoms with van der Waals surface area (Å²) in [5, 5.41) is 0. The van der Waals surface area contributed by atoms with Crippen molar-refractivity contribution < 1.29 is 23.9 Å². The summed E-state index contributed by atoms with van der Waals surface area (Å²) in [6, 6.07) is 6.95. The number of Topliss-reactive ketones (excluding diaryl/α,β-unsaturated/α-hetero) is 2. The zero-order chi connectivity index (χ0) is 14.7. The van der Waals surface area contributed by atoms with Gasteiger partial charge < -0.3 is 9.47 Å². The largest absolute Gasteiger partial charge is 0.488 e. The summed E-state index contributed by atoms with van der Waals surface area (Å²) < 4.78 is 10.2. The molecule has 0 aromatic heterocycles. The van der Waals surface area contributed by atoms with Crippen LogP contribution in [0.2, 0.25) is 0 Å². The fourth-order valence-corrected chi connectivity index (χ4v) is 2.16. The lowest BCUT2D eigenvalue weighted by molar-refractivity contribution is -0.144. The molecule has 5 nitrogen and oxygen atoms in total. The van der Waals surface area contributed by atoms with E-state index in [1.807, 2.05) is 0 Å². The molecule has 2 unspecified atom stereocenters. The zero-order valence-electron chi connectivity index (χ0n) is 11.4. The molecule has 2 rings (SSSR count). The van der Waals surface area contributed by atoms with Crippen molar-refractivity contribution in [3.8, 4) is 5.75 Å². The van der Waals surface area contributed by atoms with Gasteiger partial charge in [0.2, 0.25) is 0 Å². The lowest BCUT2D eigenvalue weighted by Crippen LogP contribution is -2.37. The number of rotatable bonds is 4. The molecule has 1 aromatic rings.